The first-order chi connectivity index (χ1) is 16.3. The van der Waals surface area contributed by atoms with Gasteiger partial charge in [0, 0.05) is 6.20 Å². The Morgan fingerprint density at radius 2 is 1.72 bits per heavy atom. The first-order valence-corrected chi connectivity index (χ1v) is 17.9. The van der Waals surface area contributed by atoms with Gasteiger partial charge in [0.2, 0.25) is 11.8 Å². The van der Waals surface area contributed by atoms with E-state index in [1.165, 1.54) is 6.33 Å². The van der Waals surface area contributed by atoms with Gasteiger partial charge in [-0.25, -0.2) is 9.97 Å². The lowest BCUT2D eigenvalue weighted by atomic mass is 9.97. The number of hydrogen-bond donors (Lipinski definition) is 1. The van der Waals surface area contributed by atoms with Crippen LogP contribution in [0.1, 0.15) is 53.3 Å². The number of nitriles is 1. The van der Waals surface area contributed by atoms with Crippen molar-refractivity contribution in [3.8, 4) is 18.4 Å². The van der Waals surface area contributed by atoms with Gasteiger partial charge >= 0.3 is 0 Å². The molecule has 1 aliphatic rings. The monoisotopic (exact) mass is 525 g/mol. The van der Waals surface area contributed by atoms with Crippen molar-refractivity contribution in [2.45, 2.75) is 95.7 Å². The molecule has 10 heteroatoms. The van der Waals surface area contributed by atoms with Crippen molar-refractivity contribution < 1.29 is 13.6 Å². The van der Waals surface area contributed by atoms with Crippen molar-refractivity contribution in [2.75, 3.05) is 5.73 Å². The Labute approximate surface area is 217 Å². The first kappa shape index (κ1) is 27.9. The Balaban J connectivity index is 2.31. The molecule has 0 aliphatic carbocycles. The van der Waals surface area contributed by atoms with Gasteiger partial charge in [-0.1, -0.05) is 54.0 Å². The average Bonchev–Trinajstić information content (AvgIpc) is 3.23. The molecule has 0 saturated carbocycles. The second-order valence-electron chi connectivity index (χ2n) is 12.5. The van der Waals surface area contributed by atoms with E-state index in [1.54, 1.807) is 10.8 Å². The van der Waals surface area contributed by atoms with Gasteiger partial charge in [-0.3, -0.25) is 4.57 Å². The molecular formula is C26H39N5O3Si2. The van der Waals surface area contributed by atoms with Crippen molar-refractivity contribution in [2.24, 2.45) is 0 Å². The molecule has 1 fully saturated rings. The molecule has 8 nitrogen and oxygen atoms in total. The number of rotatable bonds is 5. The number of nitrogens with zero attached hydrogens (tertiary/aromatic N) is 4. The molecule has 2 aromatic rings. The van der Waals surface area contributed by atoms with E-state index in [-0.39, 0.29) is 15.9 Å². The van der Waals surface area contributed by atoms with Gasteiger partial charge in [-0.15, -0.1) is 6.42 Å². The smallest absolute Gasteiger partial charge is 0.219 e. The van der Waals surface area contributed by atoms with Gasteiger partial charge in [-0.2, -0.15) is 5.26 Å². The van der Waals surface area contributed by atoms with Crippen molar-refractivity contribution >= 4 is 33.5 Å². The molecular weight excluding hydrogens is 486 g/mol. The predicted molar refractivity (Wildman–Crippen MR) is 148 cm³/mol. The van der Waals surface area contributed by atoms with Crippen molar-refractivity contribution in [1.29, 1.82) is 5.26 Å². The minimum absolute atomic E-state index is 0.0848. The van der Waals surface area contributed by atoms with Crippen LogP contribution in [-0.2, 0) is 13.6 Å². The second kappa shape index (κ2) is 8.74. The molecule has 1 saturated heterocycles. The van der Waals surface area contributed by atoms with Gasteiger partial charge in [0.05, 0.1) is 10.9 Å². The lowest BCUT2D eigenvalue weighted by Crippen LogP contribution is -2.59. The minimum atomic E-state index is -2.47. The highest BCUT2D eigenvalue weighted by molar-refractivity contribution is 6.74. The summed E-state index contributed by atoms with van der Waals surface area (Å²) in [5.41, 5.74) is 5.54. The summed E-state index contributed by atoms with van der Waals surface area (Å²) in [5, 5.41) is 10.0. The van der Waals surface area contributed by atoms with Crippen molar-refractivity contribution in [1.82, 2.24) is 14.5 Å². The molecule has 0 radical (unpaired) electrons. The second-order valence-corrected chi connectivity index (χ2v) is 22.0. The Hall–Kier alpha value is -2.64. The largest absolute Gasteiger partial charge is 0.468 e. The SMILES string of the molecule is C#C[C@@]1(O[Si](C)(C)C(C)(C)C)[C@H](O[Si](C)(C)C(C)(C)C)C(=C)O[C@H]1n1cc(C#N)c2c(N)ncnc21. The van der Waals surface area contributed by atoms with E-state index in [9.17, 15) is 5.26 Å². The zero-order valence-electron chi connectivity index (χ0n) is 23.2. The fraction of sp³-hybridized carbons (Fsp3) is 0.577. The number of fused-ring (bicyclic) bond motifs is 1. The molecule has 0 unspecified atom stereocenters. The van der Waals surface area contributed by atoms with Crippen molar-refractivity contribution in [3.63, 3.8) is 0 Å². The third-order valence-corrected chi connectivity index (χ3v) is 16.9. The average molecular weight is 526 g/mol. The quantitative estimate of drug-likeness (QED) is 0.393. The summed E-state index contributed by atoms with van der Waals surface area (Å²) < 4.78 is 22.1. The van der Waals surface area contributed by atoms with E-state index < -0.39 is 34.6 Å². The van der Waals surface area contributed by atoms with Crippen LogP contribution in [-0.4, -0.2) is 42.9 Å². The van der Waals surface area contributed by atoms with Crippen LogP contribution in [0.15, 0.2) is 24.9 Å². The predicted octanol–water partition coefficient (Wildman–Crippen LogP) is 5.71. The molecule has 0 bridgehead atoms. The molecule has 3 heterocycles. The van der Waals surface area contributed by atoms with Crippen LogP contribution in [0.25, 0.3) is 11.0 Å². The van der Waals surface area contributed by atoms with E-state index in [2.05, 4.69) is 96.3 Å². The Morgan fingerprint density at radius 3 is 2.22 bits per heavy atom. The number of terminal acetylenes is 1. The maximum Gasteiger partial charge on any atom is 0.219 e. The fourth-order valence-corrected chi connectivity index (χ4v) is 6.44. The maximum absolute atomic E-state index is 9.83. The fourth-order valence-electron chi connectivity index (χ4n) is 3.78. The highest BCUT2D eigenvalue weighted by atomic mass is 28.4. The van der Waals surface area contributed by atoms with E-state index in [4.69, 9.17) is 25.7 Å². The van der Waals surface area contributed by atoms with Crippen LogP contribution >= 0.6 is 0 Å². The lowest BCUT2D eigenvalue weighted by Gasteiger charge is -2.47. The molecule has 0 aromatic carbocycles. The van der Waals surface area contributed by atoms with E-state index in [0.717, 1.165) is 0 Å². The van der Waals surface area contributed by atoms with E-state index in [1.807, 2.05) is 0 Å². The van der Waals surface area contributed by atoms with Gasteiger partial charge in [0.15, 0.2) is 16.6 Å². The van der Waals surface area contributed by atoms with E-state index in [0.29, 0.717) is 22.4 Å². The van der Waals surface area contributed by atoms with Gasteiger partial charge < -0.3 is 19.3 Å². The Kier molecular flexibility index (Phi) is 6.78. The van der Waals surface area contributed by atoms with Crippen LogP contribution in [0.5, 0.6) is 0 Å². The topological polar surface area (TPSA) is 108 Å². The molecule has 0 spiro atoms. The van der Waals surface area contributed by atoms with Gasteiger partial charge in [0.25, 0.3) is 0 Å². The molecule has 3 rings (SSSR count). The van der Waals surface area contributed by atoms with Crippen molar-refractivity contribution in [3.05, 3.63) is 30.4 Å². The molecule has 36 heavy (non-hydrogen) atoms. The summed E-state index contributed by atoms with van der Waals surface area (Å²) in [4.78, 5) is 8.50. The number of ether oxygens (including phenoxy) is 1. The van der Waals surface area contributed by atoms with Crippen LogP contribution in [0.3, 0.4) is 0 Å². The van der Waals surface area contributed by atoms with Crippen LogP contribution in [0.2, 0.25) is 36.3 Å². The lowest BCUT2D eigenvalue weighted by molar-refractivity contribution is -0.0502. The van der Waals surface area contributed by atoms with Gasteiger partial charge in [-0.05, 0) is 36.3 Å². The summed E-state index contributed by atoms with van der Waals surface area (Å²) >= 11 is 0. The maximum atomic E-state index is 9.83. The number of anilines is 1. The molecule has 0 amide bonds. The number of aromatic nitrogens is 3. The summed E-state index contributed by atoms with van der Waals surface area (Å²) in [6.45, 7) is 25.8. The highest BCUT2D eigenvalue weighted by Gasteiger charge is 2.62. The molecule has 1 aliphatic heterocycles. The van der Waals surface area contributed by atoms with E-state index >= 15 is 0 Å². The summed E-state index contributed by atoms with van der Waals surface area (Å²) in [5.74, 6) is 3.56. The zero-order chi connectivity index (χ0) is 27.5. The normalized spacial score (nSPS) is 23.4. The molecule has 2 N–H and O–H groups in total. The third-order valence-electron chi connectivity index (χ3n) is 8.00. The summed E-state index contributed by atoms with van der Waals surface area (Å²) in [6.07, 6.45) is 7.77. The zero-order valence-corrected chi connectivity index (χ0v) is 25.2. The molecule has 2 aromatic heterocycles. The van der Waals surface area contributed by atoms with Crippen LogP contribution in [0, 0.1) is 23.7 Å². The number of hydrogen-bond acceptors (Lipinski definition) is 7. The molecule has 3 atom stereocenters. The summed E-state index contributed by atoms with van der Waals surface area (Å²) in [6, 6.07) is 2.19. The van der Waals surface area contributed by atoms with Crippen LogP contribution in [0.4, 0.5) is 5.82 Å². The standard InChI is InChI=1S/C26H39N5O3Si2/c1-13-26(34-36(11,12)25(6,7)8)20(33-35(9,10)24(3,4)5)17(2)32-23(26)31-15-18(14-27)19-21(28)29-16-30-22(19)31/h1,15-16,20,23H,2H2,3-12H3,(H2,28,29,30)/t20-,23-,26-/m1/s1. The molecule has 194 valence electrons. The Morgan fingerprint density at radius 1 is 1.14 bits per heavy atom. The number of nitrogen functional groups attached to an aromatic ring is 1. The van der Waals surface area contributed by atoms with Crippen LogP contribution < -0.4 is 5.73 Å². The minimum Gasteiger partial charge on any atom is -0.468 e. The third kappa shape index (κ3) is 4.37. The van der Waals surface area contributed by atoms with Gasteiger partial charge in [0.1, 0.15) is 35.7 Å². The Bertz CT molecular complexity index is 1270. The first-order valence-electron chi connectivity index (χ1n) is 12.1. The highest BCUT2D eigenvalue weighted by Crippen LogP contribution is 2.52. The number of nitrogens with two attached hydrogens (primary N) is 1. The summed E-state index contributed by atoms with van der Waals surface area (Å²) in [7, 11) is -4.82.